The average Bonchev–Trinajstić information content (AvgIpc) is 2.32. The summed E-state index contributed by atoms with van der Waals surface area (Å²) >= 11 is 0. The zero-order chi connectivity index (χ0) is 11.4. The Labute approximate surface area is 95.1 Å². The number of aliphatic hydroxyl groups excluding tert-OH is 1. The van der Waals surface area contributed by atoms with Crippen LogP contribution in [0, 0.1) is 0 Å². The number of hydrogen-bond donors (Lipinski definition) is 1. The zero-order valence-electron chi connectivity index (χ0n) is 9.46. The molecule has 88 valence electrons. The summed E-state index contributed by atoms with van der Waals surface area (Å²) in [5, 5.41) is 8.94. The number of aromatic nitrogens is 2. The fraction of sp³-hybridized carbons (Fsp3) is 0.636. The number of nitrogens with zero attached hydrogens (tertiary/aromatic N) is 3. The van der Waals surface area contributed by atoms with Crippen molar-refractivity contribution in [1.29, 1.82) is 0 Å². The van der Waals surface area contributed by atoms with E-state index in [0.717, 1.165) is 25.9 Å². The lowest BCUT2D eigenvalue weighted by Gasteiger charge is -2.28. The summed E-state index contributed by atoms with van der Waals surface area (Å²) < 4.78 is 5.73. The van der Waals surface area contributed by atoms with E-state index in [1.165, 1.54) is 0 Å². The quantitative estimate of drug-likeness (QED) is 0.806. The molecule has 1 aromatic heterocycles. The molecule has 2 heterocycles. The molecule has 0 saturated carbocycles. The minimum absolute atomic E-state index is 0.0996. The molecular weight excluding hydrogens is 206 g/mol. The number of aliphatic hydroxyl groups is 1. The van der Waals surface area contributed by atoms with Gasteiger partial charge in [-0.1, -0.05) is 0 Å². The van der Waals surface area contributed by atoms with Crippen molar-refractivity contribution >= 4 is 0 Å². The van der Waals surface area contributed by atoms with Crippen molar-refractivity contribution in [3.63, 3.8) is 0 Å². The lowest BCUT2D eigenvalue weighted by molar-refractivity contribution is 0.109. The van der Waals surface area contributed by atoms with E-state index in [-0.39, 0.29) is 12.7 Å². The number of rotatable bonds is 3. The maximum absolute atomic E-state index is 8.94. The Morgan fingerprint density at radius 1 is 1.44 bits per heavy atom. The van der Waals surface area contributed by atoms with E-state index in [9.17, 15) is 0 Å². The highest BCUT2D eigenvalue weighted by atomic mass is 16.5. The highest BCUT2D eigenvalue weighted by molar-refractivity contribution is 5.08. The molecule has 1 N–H and O–H groups in total. The predicted molar refractivity (Wildman–Crippen MR) is 59.1 cm³/mol. The van der Waals surface area contributed by atoms with Crippen LogP contribution in [0.2, 0.25) is 0 Å². The van der Waals surface area contributed by atoms with Crippen LogP contribution in [0.1, 0.15) is 18.5 Å². The smallest absolute Gasteiger partial charge is 0.232 e. The molecule has 5 heteroatoms. The van der Waals surface area contributed by atoms with Crippen LogP contribution in [0.5, 0.6) is 5.88 Å². The Morgan fingerprint density at radius 2 is 2.19 bits per heavy atom. The van der Waals surface area contributed by atoms with Gasteiger partial charge in [0.15, 0.2) is 0 Å². The first-order chi connectivity index (χ1) is 7.78. The van der Waals surface area contributed by atoms with Gasteiger partial charge in [0.1, 0.15) is 6.10 Å². The van der Waals surface area contributed by atoms with Gasteiger partial charge in [-0.25, -0.2) is 4.98 Å². The largest absolute Gasteiger partial charge is 0.473 e. The topological polar surface area (TPSA) is 58.5 Å². The molecule has 0 radical (unpaired) electrons. The lowest BCUT2D eigenvalue weighted by Crippen LogP contribution is -2.35. The third-order valence-electron chi connectivity index (χ3n) is 2.78. The Balaban J connectivity index is 1.93. The second-order valence-corrected chi connectivity index (χ2v) is 4.13. The number of hydrogen-bond acceptors (Lipinski definition) is 5. The molecule has 1 aliphatic rings. The first-order valence-electron chi connectivity index (χ1n) is 5.55. The van der Waals surface area contributed by atoms with Gasteiger partial charge in [-0.2, -0.15) is 0 Å². The molecule has 0 spiro atoms. The van der Waals surface area contributed by atoms with Crippen molar-refractivity contribution < 1.29 is 9.84 Å². The van der Waals surface area contributed by atoms with Crippen molar-refractivity contribution in [2.75, 3.05) is 20.1 Å². The van der Waals surface area contributed by atoms with Gasteiger partial charge < -0.3 is 14.7 Å². The summed E-state index contributed by atoms with van der Waals surface area (Å²) in [6.07, 6.45) is 5.39. The Hall–Kier alpha value is -1.20. The zero-order valence-corrected chi connectivity index (χ0v) is 9.46. The van der Waals surface area contributed by atoms with Gasteiger partial charge in [-0.15, -0.1) is 0 Å². The van der Waals surface area contributed by atoms with Gasteiger partial charge in [0.05, 0.1) is 24.7 Å². The molecule has 0 bridgehead atoms. The summed E-state index contributed by atoms with van der Waals surface area (Å²) in [6.45, 7) is 2.01. The minimum atomic E-state index is -0.0996. The Kier molecular flexibility index (Phi) is 3.69. The molecule has 0 aliphatic carbocycles. The normalized spacial score (nSPS) is 18.6. The van der Waals surface area contributed by atoms with E-state index in [0.29, 0.717) is 11.6 Å². The van der Waals surface area contributed by atoms with Gasteiger partial charge in [0, 0.05) is 13.1 Å². The molecule has 0 unspecified atom stereocenters. The van der Waals surface area contributed by atoms with Crippen LogP contribution in [-0.4, -0.2) is 46.2 Å². The molecule has 2 rings (SSSR count). The van der Waals surface area contributed by atoms with Crippen LogP contribution in [0.3, 0.4) is 0 Å². The first-order valence-corrected chi connectivity index (χ1v) is 5.55. The Bertz CT molecular complexity index is 338. The van der Waals surface area contributed by atoms with E-state index in [4.69, 9.17) is 9.84 Å². The van der Waals surface area contributed by atoms with Gasteiger partial charge in [0.2, 0.25) is 5.88 Å². The fourth-order valence-corrected chi connectivity index (χ4v) is 1.79. The SMILES string of the molecule is CN1CCC(Oc2cncc(CO)n2)CC1. The predicted octanol–water partition coefficient (Wildman–Crippen LogP) is 0.442. The molecular formula is C11H17N3O2. The number of ether oxygens (including phenoxy) is 1. The highest BCUT2D eigenvalue weighted by Gasteiger charge is 2.18. The monoisotopic (exact) mass is 223 g/mol. The molecule has 1 aliphatic heterocycles. The summed E-state index contributed by atoms with van der Waals surface area (Å²) in [6, 6.07) is 0. The molecule has 1 saturated heterocycles. The fourth-order valence-electron chi connectivity index (χ4n) is 1.79. The summed E-state index contributed by atoms with van der Waals surface area (Å²) in [4.78, 5) is 10.4. The summed E-state index contributed by atoms with van der Waals surface area (Å²) in [5.41, 5.74) is 0.547. The van der Waals surface area contributed by atoms with Crippen LogP contribution in [-0.2, 0) is 6.61 Å². The third-order valence-corrected chi connectivity index (χ3v) is 2.78. The van der Waals surface area contributed by atoms with E-state index >= 15 is 0 Å². The minimum Gasteiger partial charge on any atom is -0.473 e. The van der Waals surface area contributed by atoms with Crippen LogP contribution in [0.25, 0.3) is 0 Å². The standard InChI is InChI=1S/C11H17N3O2/c1-14-4-2-10(3-5-14)16-11-7-12-6-9(8-15)13-11/h6-7,10,15H,2-5,8H2,1H3. The second-order valence-electron chi connectivity index (χ2n) is 4.13. The lowest BCUT2D eigenvalue weighted by atomic mass is 10.1. The molecule has 1 aromatic rings. The van der Waals surface area contributed by atoms with Crippen LogP contribution in [0.15, 0.2) is 12.4 Å². The van der Waals surface area contributed by atoms with E-state index in [2.05, 4.69) is 21.9 Å². The molecule has 0 atom stereocenters. The number of likely N-dealkylation sites (tertiary alicyclic amines) is 1. The molecule has 16 heavy (non-hydrogen) atoms. The van der Waals surface area contributed by atoms with E-state index in [1.54, 1.807) is 12.4 Å². The Morgan fingerprint density at radius 3 is 2.88 bits per heavy atom. The van der Waals surface area contributed by atoms with Crippen molar-refractivity contribution in [1.82, 2.24) is 14.9 Å². The third kappa shape index (κ3) is 2.90. The van der Waals surface area contributed by atoms with Crippen molar-refractivity contribution in [2.24, 2.45) is 0 Å². The van der Waals surface area contributed by atoms with Gasteiger partial charge in [-0.3, -0.25) is 4.98 Å². The van der Waals surface area contributed by atoms with Gasteiger partial charge >= 0.3 is 0 Å². The van der Waals surface area contributed by atoms with Crippen molar-refractivity contribution in [3.05, 3.63) is 18.1 Å². The van der Waals surface area contributed by atoms with E-state index in [1.807, 2.05) is 0 Å². The van der Waals surface area contributed by atoms with Gasteiger partial charge in [-0.05, 0) is 19.9 Å². The maximum Gasteiger partial charge on any atom is 0.232 e. The molecule has 5 nitrogen and oxygen atoms in total. The first kappa shape index (κ1) is 11.3. The van der Waals surface area contributed by atoms with Crippen LogP contribution < -0.4 is 4.74 Å². The molecule has 0 aromatic carbocycles. The van der Waals surface area contributed by atoms with Crippen LogP contribution >= 0.6 is 0 Å². The van der Waals surface area contributed by atoms with E-state index < -0.39 is 0 Å². The summed E-state index contributed by atoms with van der Waals surface area (Å²) in [7, 11) is 2.11. The second kappa shape index (κ2) is 5.23. The summed E-state index contributed by atoms with van der Waals surface area (Å²) in [5.74, 6) is 0.515. The van der Waals surface area contributed by atoms with Gasteiger partial charge in [0.25, 0.3) is 0 Å². The van der Waals surface area contributed by atoms with Crippen molar-refractivity contribution in [2.45, 2.75) is 25.6 Å². The van der Waals surface area contributed by atoms with Crippen LogP contribution in [0.4, 0.5) is 0 Å². The van der Waals surface area contributed by atoms with Crippen molar-refractivity contribution in [3.8, 4) is 5.88 Å². The average molecular weight is 223 g/mol. The maximum atomic E-state index is 8.94. The number of piperidine rings is 1. The molecule has 0 amide bonds. The highest BCUT2D eigenvalue weighted by Crippen LogP contribution is 2.15. The molecule has 1 fully saturated rings.